The number of hydrogen-bond donors (Lipinski definition) is 0. The van der Waals surface area contributed by atoms with E-state index in [1.54, 1.807) is 6.42 Å². The fourth-order valence-corrected chi connectivity index (χ4v) is 4.14. The normalized spacial score (nSPS) is 40.1. The molecule has 0 aromatic carbocycles. The Morgan fingerprint density at radius 2 is 2.00 bits per heavy atom. The molecule has 2 rings (SSSR count). The average Bonchev–Trinajstić information content (AvgIpc) is 2.62. The standard InChI is InChI=1S/C13H23Cl/c1-9(5-10(2)14)6-13-8-11-3-4-12(13)7-11/h9-13H,3-8H2,1-2H3. The molecule has 0 radical (unpaired) electrons. The molecule has 2 saturated carbocycles. The molecule has 82 valence electrons. The number of hydrogen-bond acceptors (Lipinski definition) is 0. The quantitative estimate of drug-likeness (QED) is 0.606. The van der Waals surface area contributed by atoms with Gasteiger partial charge in [0.2, 0.25) is 0 Å². The minimum Gasteiger partial charge on any atom is -0.123 e. The van der Waals surface area contributed by atoms with E-state index in [9.17, 15) is 0 Å². The van der Waals surface area contributed by atoms with Gasteiger partial charge in [0.25, 0.3) is 0 Å². The zero-order chi connectivity index (χ0) is 10.1. The maximum atomic E-state index is 6.04. The maximum absolute atomic E-state index is 6.04. The van der Waals surface area contributed by atoms with Crippen molar-refractivity contribution in [2.75, 3.05) is 0 Å². The Balaban J connectivity index is 1.75. The second-order valence-corrected chi connectivity index (χ2v) is 6.54. The Bertz CT molecular complexity index is 188. The van der Waals surface area contributed by atoms with Gasteiger partial charge < -0.3 is 0 Å². The van der Waals surface area contributed by atoms with E-state index in [0.29, 0.717) is 5.38 Å². The Morgan fingerprint density at radius 3 is 2.50 bits per heavy atom. The molecule has 5 unspecified atom stereocenters. The molecule has 2 bridgehead atoms. The summed E-state index contributed by atoms with van der Waals surface area (Å²) in [6.07, 6.45) is 8.78. The Labute approximate surface area is 93.4 Å². The van der Waals surface area contributed by atoms with Crippen molar-refractivity contribution >= 4 is 11.6 Å². The molecule has 2 fully saturated rings. The van der Waals surface area contributed by atoms with Crippen LogP contribution in [-0.4, -0.2) is 5.38 Å². The van der Waals surface area contributed by atoms with Crippen LogP contribution in [0.25, 0.3) is 0 Å². The highest BCUT2D eigenvalue weighted by Gasteiger charge is 2.39. The number of halogens is 1. The summed E-state index contributed by atoms with van der Waals surface area (Å²) in [7, 11) is 0. The number of fused-ring (bicyclic) bond motifs is 2. The van der Waals surface area contributed by atoms with Crippen LogP contribution in [0.4, 0.5) is 0 Å². The first-order valence-corrected chi connectivity index (χ1v) is 6.73. The van der Waals surface area contributed by atoms with Gasteiger partial charge in [-0.15, -0.1) is 11.6 Å². The van der Waals surface area contributed by atoms with Crippen LogP contribution in [0.2, 0.25) is 0 Å². The third kappa shape index (κ3) is 2.45. The lowest BCUT2D eigenvalue weighted by Crippen LogP contribution is -2.15. The molecule has 0 nitrogen and oxygen atoms in total. The zero-order valence-corrected chi connectivity index (χ0v) is 10.3. The molecule has 0 saturated heterocycles. The minimum atomic E-state index is 0.364. The molecule has 0 heterocycles. The molecule has 0 amide bonds. The van der Waals surface area contributed by atoms with Gasteiger partial charge >= 0.3 is 0 Å². The van der Waals surface area contributed by atoms with Crippen LogP contribution in [0, 0.1) is 23.7 Å². The van der Waals surface area contributed by atoms with Gasteiger partial charge in [-0.1, -0.05) is 13.3 Å². The van der Waals surface area contributed by atoms with Gasteiger partial charge in [-0.25, -0.2) is 0 Å². The van der Waals surface area contributed by atoms with Crippen molar-refractivity contribution in [3.63, 3.8) is 0 Å². The van der Waals surface area contributed by atoms with Crippen LogP contribution in [0.1, 0.15) is 52.4 Å². The molecule has 0 aliphatic heterocycles. The highest BCUT2D eigenvalue weighted by Crippen LogP contribution is 2.50. The molecular weight excluding hydrogens is 192 g/mol. The first-order valence-electron chi connectivity index (χ1n) is 6.29. The van der Waals surface area contributed by atoms with E-state index in [2.05, 4.69) is 13.8 Å². The van der Waals surface area contributed by atoms with E-state index in [1.165, 1.54) is 32.1 Å². The third-order valence-electron chi connectivity index (χ3n) is 4.32. The van der Waals surface area contributed by atoms with Gasteiger partial charge in [0, 0.05) is 5.38 Å². The lowest BCUT2D eigenvalue weighted by atomic mass is 9.81. The van der Waals surface area contributed by atoms with Crippen molar-refractivity contribution in [2.24, 2.45) is 23.7 Å². The fourth-order valence-electron chi connectivity index (χ4n) is 3.83. The summed E-state index contributed by atoms with van der Waals surface area (Å²) in [5.41, 5.74) is 0. The Hall–Kier alpha value is 0.290. The van der Waals surface area contributed by atoms with Crippen LogP contribution in [0.3, 0.4) is 0 Å². The van der Waals surface area contributed by atoms with Gasteiger partial charge in [-0.3, -0.25) is 0 Å². The van der Waals surface area contributed by atoms with E-state index in [1.807, 2.05) is 0 Å². The predicted molar refractivity (Wildman–Crippen MR) is 62.7 cm³/mol. The molecule has 0 spiro atoms. The van der Waals surface area contributed by atoms with Crippen molar-refractivity contribution < 1.29 is 0 Å². The van der Waals surface area contributed by atoms with Crippen LogP contribution < -0.4 is 0 Å². The zero-order valence-electron chi connectivity index (χ0n) is 9.51. The first kappa shape index (κ1) is 10.8. The highest BCUT2D eigenvalue weighted by atomic mass is 35.5. The van der Waals surface area contributed by atoms with Crippen molar-refractivity contribution in [1.29, 1.82) is 0 Å². The topological polar surface area (TPSA) is 0 Å². The largest absolute Gasteiger partial charge is 0.123 e. The summed E-state index contributed by atoms with van der Waals surface area (Å²) in [5.74, 6) is 4.09. The summed E-state index contributed by atoms with van der Waals surface area (Å²) in [6.45, 7) is 4.50. The monoisotopic (exact) mass is 214 g/mol. The number of alkyl halides is 1. The SMILES string of the molecule is CC(Cl)CC(C)CC1CC2CCC1C2. The summed E-state index contributed by atoms with van der Waals surface area (Å²) >= 11 is 6.04. The molecule has 2 aliphatic rings. The van der Waals surface area contributed by atoms with Crippen LogP contribution in [-0.2, 0) is 0 Å². The van der Waals surface area contributed by atoms with Crippen LogP contribution in [0.5, 0.6) is 0 Å². The summed E-state index contributed by atoms with van der Waals surface area (Å²) in [5, 5.41) is 0.364. The average molecular weight is 215 g/mol. The van der Waals surface area contributed by atoms with E-state index in [-0.39, 0.29) is 0 Å². The minimum absolute atomic E-state index is 0.364. The van der Waals surface area contributed by atoms with E-state index >= 15 is 0 Å². The van der Waals surface area contributed by atoms with Gasteiger partial charge in [-0.2, -0.15) is 0 Å². The van der Waals surface area contributed by atoms with Crippen molar-refractivity contribution in [3.05, 3.63) is 0 Å². The Morgan fingerprint density at radius 1 is 1.21 bits per heavy atom. The molecular formula is C13H23Cl. The lowest BCUT2D eigenvalue weighted by Gasteiger charge is -2.25. The second-order valence-electron chi connectivity index (χ2n) is 5.79. The molecule has 14 heavy (non-hydrogen) atoms. The van der Waals surface area contributed by atoms with Crippen molar-refractivity contribution in [2.45, 2.75) is 57.7 Å². The van der Waals surface area contributed by atoms with Gasteiger partial charge in [-0.05, 0) is 62.7 Å². The highest BCUT2D eigenvalue weighted by molar-refractivity contribution is 6.20. The third-order valence-corrected chi connectivity index (χ3v) is 4.49. The van der Waals surface area contributed by atoms with Gasteiger partial charge in [0.1, 0.15) is 0 Å². The lowest BCUT2D eigenvalue weighted by molar-refractivity contribution is 0.269. The molecule has 1 heteroatoms. The van der Waals surface area contributed by atoms with Crippen LogP contribution >= 0.6 is 11.6 Å². The second kappa shape index (κ2) is 4.43. The molecule has 0 aromatic rings. The van der Waals surface area contributed by atoms with E-state index < -0.39 is 0 Å². The molecule has 0 aromatic heterocycles. The Kier molecular flexibility index (Phi) is 3.42. The van der Waals surface area contributed by atoms with Gasteiger partial charge in [0.15, 0.2) is 0 Å². The summed E-state index contributed by atoms with van der Waals surface area (Å²) in [6, 6.07) is 0. The molecule has 0 N–H and O–H groups in total. The summed E-state index contributed by atoms with van der Waals surface area (Å²) in [4.78, 5) is 0. The maximum Gasteiger partial charge on any atom is 0.0310 e. The van der Waals surface area contributed by atoms with Crippen molar-refractivity contribution in [3.8, 4) is 0 Å². The van der Waals surface area contributed by atoms with Crippen molar-refractivity contribution in [1.82, 2.24) is 0 Å². The fraction of sp³-hybridized carbons (Fsp3) is 1.00. The predicted octanol–water partition coefficient (Wildman–Crippen LogP) is 4.47. The van der Waals surface area contributed by atoms with Gasteiger partial charge in [0.05, 0.1) is 0 Å². The van der Waals surface area contributed by atoms with Crippen LogP contribution in [0.15, 0.2) is 0 Å². The molecule has 2 aliphatic carbocycles. The molecule has 5 atom stereocenters. The first-order chi connectivity index (χ1) is 6.65. The smallest absolute Gasteiger partial charge is 0.0310 e. The summed E-state index contributed by atoms with van der Waals surface area (Å²) < 4.78 is 0. The van der Waals surface area contributed by atoms with E-state index in [4.69, 9.17) is 11.6 Å². The van der Waals surface area contributed by atoms with E-state index in [0.717, 1.165) is 23.7 Å². The number of rotatable bonds is 4.